The zero-order valence-electron chi connectivity index (χ0n) is 11.4. The molecule has 1 aliphatic rings. The SMILES string of the molecule is COc1ccccc1OCC(=O)N1CCNC(=O)CC1. The fourth-order valence-corrected chi connectivity index (χ4v) is 1.99. The molecule has 108 valence electrons. The molecule has 6 heteroatoms. The van der Waals surface area contributed by atoms with E-state index >= 15 is 0 Å². The summed E-state index contributed by atoms with van der Waals surface area (Å²) in [6.07, 6.45) is 0.334. The third-order valence-electron chi connectivity index (χ3n) is 3.09. The maximum atomic E-state index is 12.1. The summed E-state index contributed by atoms with van der Waals surface area (Å²) in [4.78, 5) is 24.9. The molecule has 0 aromatic heterocycles. The summed E-state index contributed by atoms with van der Waals surface area (Å²) < 4.78 is 10.6. The second-order valence-corrected chi connectivity index (χ2v) is 4.42. The molecular weight excluding hydrogens is 260 g/mol. The Balaban J connectivity index is 1.89. The van der Waals surface area contributed by atoms with Gasteiger partial charge < -0.3 is 19.7 Å². The lowest BCUT2D eigenvalue weighted by Gasteiger charge is -2.20. The molecule has 1 aliphatic heterocycles. The minimum absolute atomic E-state index is 0.0223. The largest absolute Gasteiger partial charge is 0.493 e. The van der Waals surface area contributed by atoms with E-state index in [1.807, 2.05) is 12.1 Å². The zero-order valence-corrected chi connectivity index (χ0v) is 11.4. The molecule has 0 aliphatic carbocycles. The number of benzene rings is 1. The molecule has 1 heterocycles. The van der Waals surface area contributed by atoms with E-state index in [1.54, 1.807) is 24.1 Å². The van der Waals surface area contributed by atoms with Crippen molar-refractivity contribution in [3.63, 3.8) is 0 Å². The van der Waals surface area contributed by atoms with Gasteiger partial charge in [0.25, 0.3) is 5.91 Å². The third kappa shape index (κ3) is 3.63. The van der Waals surface area contributed by atoms with Gasteiger partial charge in [0.1, 0.15) is 0 Å². The van der Waals surface area contributed by atoms with Crippen molar-refractivity contribution in [2.45, 2.75) is 6.42 Å². The average Bonchev–Trinajstić information content (AvgIpc) is 2.70. The number of carbonyl (C=O) groups excluding carboxylic acids is 2. The van der Waals surface area contributed by atoms with Gasteiger partial charge >= 0.3 is 0 Å². The number of nitrogens with zero attached hydrogens (tertiary/aromatic N) is 1. The molecule has 1 aromatic rings. The smallest absolute Gasteiger partial charge is 0.260 e. The van der Waals surface area contributed by atoms with Crippen molar-refractivity contribution in [2.75, 3.05) is 33.4 Å². The highest BCUT2D eigenvalue weighted by atomic mass is 16.5. The molecule has 0 radical (unpaired) electrons. The zero-order chi connectivity index (χ0) is 14.4. The van der Waals surface area contributed by atoms with Crippen LogP contribution < -0.4 is 14.8 Å². The fourth-order valence-electron chi connectivity index (χ4n) is 1.99. The number of ether oxygens (including phenoxy) is 2. The molecule has 2 amide bonds. The average molecular weight is 278 g/mol. The molecule has 0 spiro atoms. The quantitative estimate of drug-likeness (QED) is 0.867. The molecule has 20 heavy (non-hydrogen) atoms. The van der Waals surface area contributed by atoms with Crippen LogP contribution in [0.5, 0.6) is 11.5 Å². The van der Waals surface area contributed by atoms with Gasteiger partial charge in [-0.1, -0.05) is 12.1 Å². The van der Waals surface area contributed by atoms with E-state index in [0.717, 1.165) is 0 Å². The van der Waals surface area contributed by atoms with E-state index in [-0.39, 0.29) is 18.4 Å². The van der Waals surface area contributed by atoms with Gasteiger partial charge in [0.15, 0.2) is 18.1 Å². The molecule has 1 saturated heterocycles. The number of para-hydroxylation sites is 2. The Bertz CT molecular complexity index is 490. The second-order valence-electron chi connectivity index (χ2n) is 4.42. The van der Waals surface area contributed by atoms with Crippen LogP contribution in [0, 0.1) is 0 Å². The Morgan fingerprint density at radius 2 is 2.05 bits per heavy atom. The Morgan fingerprint density at radius 3 is 2.80 bits per heavy atom. The Labute approximate surface area is 117 Å². The van der Waals surface area contributed by atoms with E-state index in [1.165, 1.54) is 0 Å². The molecule has 1 N–H and O–H groups in total. The highest BCUT2D eigenvalue weighted by molar-refractivity contribution is 5.81. The van der Waals surface area contributed by atoms with Crippen molar-refractivity contribution in [2.24, 2.45) is 0 Å². The second kappa shape index (κ2) is 6.79. The van der Waals surface area contributed by atoms with Crippen LogP contribution in [-0.4, -0.2) is 50.1 Å². The van der Waals surface area contributed by atoms with Gasteiger partial charge in [-0.25, -0.2) is 0 Å². The van der Waals surface area contributed by atoms with Gasteiger partial charge in [0.2, 0.25) is 5.91 Å². The van der Waals surface area contributed by atoms with Gasteiger partial charge in [-0.3, -0.25) is 9.59 Å². The van der Waals surface area contributed by atoms with Crippen LogP contribution >= 0.6 is 0 Å². The molecule has 0 unspecified atom stereocenters. The lowest BCUT2D eigenvalue weighted by Crippen LogP contribution is -2.37. The van der Waals surface area contributed by atoms with Crippen LogP contribution in [0.2, 0.25) is 0 Å². The Kier molecular flexibility index (Phi) is 4.81. The van der Waals surface area contributed by atoms with E-state index in [4.69, 9.17) is 9.47 Å². The maximum Gasteiger partial charge on any atom is 0.260 e. The predicted molar refractivity (Wildman–Crippen MR) is 72.7 cm³/mol. The van der Waals surface area contributed by atoms with E-state index in [9.17, 15) is 9.59 Å². The van der Waals surface area contributed by atoms with Crippen molar-refractivity contribution in [3.05, 3.63) is 24.3 Å². The number of carbonyl (C=O) groups is 2. The molecule has 0 atom stereocenters. The maximum absolute atomic E-state index is 12.1. The fraction of sp³-hybridized carbons (Fsp3) is 0.429. The van der Waals surface area contributed by atoms with Crippen molar-refractivity contribution in [3.8, 4) is 11.5 Å². The van der Waals surface area contributed by atoms with Crippen molar-refractivity contribution in [1.82, 2.24) is 10.2 Å². The van der Waals surface area contributed by atoms with Crippen LogP contribution in [0.25, 0.3) is 0 Å². The topological polar surface area (TPSA) is 67.9 Å². The number of amides is 2. The monoisotopic (exact) mass is 278 g/mol. The highest BCUT2D eigenvalue weighted by Crippen LogP contribution is 2.25. The van der Waals surface area contributed by atoms with Crippen molar-refractivity contribution in [1.29, 1.82) is 0 Å². The molecule has 0 saturated carbocycles. The van der Waals surface area contributed by atoms with Crippen LogP contribution in [0.4, 0.5) is 0 Å². The molecule has 6 nitrogen and oxygen atoms in total. The summed E-state index contributed by atoms with van der Waals surface area (Å²) in [5, 5.41) is 2.73. The number of hydrogen-bond donors (Lipinski definition) is 1. The van der Waals surface area contributed by atoms with Gasteiger partial charge in [-0.05, 0) is 12.1 Å². The summed E-state index contributed by atoms with van der Waals surface area (Å²) in [5.41, 5.74) is 0. The number of nitrogens with one attached hydrogen (secondary N) is 1. The van der Waals surface area contributed by atoms with Gasteiger partial charge in [0, 0.05) is 26.1 Å². The van der Waals surface area contributed by atoms with E-state index in [2.05, 4.69) is 5.32 Å². The molecule has 2 rings (SSSR count). The third-order valence-corrected chi connectivity index (χ3v) is 3.09. The Hall–Kier alpha value is -2.24. The predicted octanol–water partition coefficient (Wildman–Crippen LogP) is 0.423. The molecule has 1 aromatic carbocycles. The Morgan fingerprint density at radius 1 is 1.30 bits per heavy atom. The van der Waals surface area contributed by atoms with Crippen LogP contribution in [0.3, 0.4) is 0 Å². The van der Waals surface area contributed by atoms with E-state index in [0.29, 0.717) is 37.6 Å². The summed E-state index contributed by atoms with van der Waals surface area (Å²) in [6, 6.07) is 7.17. The molecular formula is C14H18N2O4. The van der Waals surface area contributed by atoms with Crippen molar-refractivity contribution < 1.29 is 19.1 Å². The lowest BCUT2D eigenvalue weighted by molar-refractivity contribution is -0.133. The number of hydrogen-bond acceptors (Lipinski definition) is 4. The first-order valence-electron chi connectivity index (χ1n) is 6.51. The lowest BCUT2D eigenvalue weighted by atomic mass is 10.3. The van der Waals surface area contributed by atoms with Gasteiger partial charge in [-0.15, -0.1) is 0 Å². The standard InChI is InChI=1S/C14H18N2O4/c1-19-11-4-2-3-5-12(11)20-10-14(18)16-8-6-13(17)15-7-9-16/h2-5H,6-10H2,1H3,(H,15,17). The molecule has 1 fully saturated rings. The van der Waals surface area contributed by atoms with Crippen LogP contribution in [0.15, 0.2) is 24.3 Å². The summed E-state index contributed by atoms with van der Waals surface area (Å²) in [7, 11) is 1.55. The minimum Gasteiger partial charge on any atom is -0.493 e. The normalized spacial score (nSPS) is 15.2. The van der Waals surface area contributed by atoms with Crippen LogP contribution in [-0.2, 0) is 9.59 Å². The number of methoxy groups -OCH3 is 1. The number of rotatable bonds is 4. The molecule has 0 bridgehead atoms. The summed E-state index contributed by atoms with van der Waals surface area (Å²) in [6.45, 7) is 1.37. The summed E-state index contributed by atoms with van der Waals surface area (Å²) >= 11 is 0. The summed E-state index contributed by atoms with van der Waals surface area (Å²) in [5.74, 6) is 0.971. The highest BCUT2D eigenvalue weighted by Gasteiger charge is 2.19. The van der Waals surface area contributed by atoms with E-state index < -0.39 is 0 Å². The van der Waals surface area contributed by atoms with Crippen LogP contribution in [0.1, 0.15) is 6.42 Å². The first-order chi connectivity index (χ1) is 9.70. The minimum atomic E-state index is -0.132. The van der Waals surface area contributed by atoms with Gasteiger partial charge in [-0.2, -0.15) is 0 Å². The first kappa shape index (κ1) is 14.2. The van der Waals surface area contributed by atoms with Gasteiger partial charge in [0.05, 0.1) is 7.11 Å². The first-order valence-corrected chi connectivity index (χ1v) is 6.51. The van der Waals surface area contributed by atoms with Crippen molar-refractivity contribution >= 4 is 11.8 Å².